The zero-order valence-corrected chi connectivity index (χ0v) is 11.1. The van der Waals surface area contributed by atoms with E-state index in [1.807, 2.05) is 13.0 Å². The summed E-state index contributed by atoms with van der Waals surface area (Å²) in [6.07, 6.45) is -1.17. The predicted octanol–water partition coefficient (Wildman–Crippen LogP) is 0.975. The number of aliphatic hydroxyl groups excluding tert-OH is 1. The highest BCUT2D eigenvalue weighted by atomic mass is 16.4. The molecule has 0 saturated heterocycles. The molecule has 1 aromatic rings. The highest BCUT2D eigenvalue weighted by Crippen LogP contribution is 2.14. The van der Waals surface area contributed by atoms with Gasteiger partial charge in [0.15, 0.2) is 6.04 Å². The maximum Gasteiger partial charge on any atom is 0.328 e. The summed E-state index contributed by atoms with van der Waals surface area (Å²) in [4.78, 5) is 24.1. The van der Waals surface area contributed by atoms with E-state index in [0.717, 1.165) is 5.56 Å². The van der Waals surface area contributed by atoms with Crippen LogP contribution in [0.2, 0.25) is 0 Å². The molecule has 2 amide bonds. The van der Waals surface area contributed by atoms with Crippen LogP contribution in [0.15, 0.2) is 24.3 Å². The number of hydrogen-bond donors (Lipinski definition) is 3. The van der Waals surface area contributed by atoms with Gasteiger partial charge in [-0.2, -0.15) is 0 Å². The van der Waals surface area contributed by atoms with E-state index in [1.54, 1.807) is 18.2 Å². The summed E-state index contributed by atoms with van der Waals surface area (Å²) in [6.45, 7) is 3.21. The minimum absolute atomic E-state index is 0.584. The summed E-state index contributed by atoms with van der Waals surface area (Å²) in [5.74, 6) is -1.28. The van der Waals surface area contributed by atoms with Crippen LogP contribution in [0.3, 0.4) is 0 Å². The van der Waals surface area contributed by atoms with Gasteiger partial charge in [-0.1, -0.05) is 12.1 Å². The largest absolute Gasteiger partial charge is 0.480 e. The molecule has 0 bridgehead atoms. The lowest BCUT2D eigenvalue weighted by Crippen LogP contribution is -2.51. The van der Waals surface area contributed by atoms with Crippen molar-refractivity contribution in [1.82, 2.24) is 5.32 Å². The molecule has 0 radical (unpaired) electrons. The molecule has 0 fully saturated rings. The number of amides is 2. The second-order valence-electron chi connectivity index (χ2n) is 4.40. The molecule has 1 rings (SSSR count). The molecule has 0 spiro atoms. The molecule has 3 N–H and O–H groups in total. The van der Waals surface area contributed by atoms with E-state index in [1.165, 1.54) is 18.9 Å². The van der Waals surface area contributed by atoms with Crippen molar-refractivity contribution >= 4 is 17.7 Å². The van der Waals surface area contributed by atoms with E-state index in [-0.39, 0.29) is 0 Å². The van der Waals surface area contributed by atoms with Crippen LogP contribution in [0.1, 0.15) is 12.5 Å². The van der Waals surface area contributed by atoms with Crippen LogP contribution in [0.5, 0.6) is 0 Å². The number of nitrogens with one attached hydrogen (secondary N) is 1. The van der Waals surface area contributed by atoms with E-state index in [4.69, 9.17) is 5.11 Å². The van der Waals surface area contributed by atoms with Crippen LogP contribution in [0.4, 0.5) is 10.5 Å². The number of aliphatic hydroxyl groups is 1. The van der Waals surface area contributed by atoms with Crippen LogP contribution in [-0.4, -0.2) is 41.4 Å². The third-order valence-electron chi connectivity index (χ3n) is 2.72. The van der Waals surface area contributed by atoms with E-state index >= 15 is 0 Å². The first-order valence-corrected chi connectivity index (χ1v) is 5.84. The van der Waals surface area contributed by atoms with Gasteiger partial charge in [-0.3, -0.25) is 4.90 Å². The number of aliphatic carboxylic acids is 1. The summed E-state index contributed by atoms with van der Waals surface area (Å²) >= 11 is 0. The van der Waals surface area contributed by atoms with Crippen molar-refractivity contribution in [3.05, 3.63) is 29.8 Å². The van der Waals surface area contributed by atoms with Crippen molar-refractivity contribution in [3.8, 4) is 0 Å². The molecule has 6 nitrogen and oxygen atoms in total. The highest BCUT2D eigenvalue weighted by molar-refractivity contribution is 5.94. The second-order valence-corrected chi connectivity index (χ2v) is 4.40. The third-order valence-corrected chi connectivity index (χ3v) is 2.72. The molecular weight excluding hydrogens is 248 g/mol. The topological polar surface area (TPSA) is 89.9 Å². The Bertz CT molecular complexity index is 473. The number of carbonyl (C=O) groups is 2. The van der Waals surface area contributed by atoms with Gasteiger partial charge in [0.1, 0.15) is 0 Å². The number of urea groups is 1. The van der Waals surface area contributed by atoms with Gasteiger partial charge in [0.05, 0.1) is 6.10 Å². The maximum atomic E-state index is 11.9. The first-order chi connectivity index (χ1) is 8.82. The Kier molecular flexibility index (Phi) is 4.88. The lowest BCUT2D eigenvalue weighted by molar-refractivity contribution is -0.141. The van der Waals surface area contributed by atoms with Crippen molar-refractivity contribution in [2.24, 2.45) is 0 Å². The Morgan fingerprint density at radius 3 is 2.47 bits per heavy atom. The second kappa shape index (κ2) is 6.19. The Morgan fingerprint density at radius 1 is 1.37 bits per heavy atom. The maximum absolute atomic E-state index is 11.9. The van der Waals surface area contributed by atoms with Crippen molar-refractivity contribution < 1.29 is 19.8 Å². The van der Waals surface area contributed by atoms with Crippen molar-refractivity contribution in [2.75, 3.05) is 11.9 Å². The van der Waals surface area contributed by atoms with Crippen molar-refractivity contribution in [2.45, 2.75) is 26.0 Å². The van der Waals surface area contributed by atoms with Gasteiger partial charge in [0.2, 0.25) is 0 Å². The molecular formula is C13H18N2O4. The molecule has 0 aromatic heterocycles. The quantitative estimate of drug-likeness (QED) is 0.757. The predicted molar refractivity (Wildman–Crippen MR) is 71.2 cm³/mol. The SMILES string of the molecule is Cc1cccc(N(C)C(=O)NC(C(=O)O)C(C)O)c1. The first-order valence-electron chi connectivity index (χ1n) is 5.84. The van der Waals surface area contributed by atoms with Gasteiger partial charge in [0.25, 0.3) is 0 Å². The minimum Gasteiger partial charge on any atom is -0.480 e. The normalized spacial score (nSPS) is 13.5. The Morgan fingerprint density at radius 2 is 2.00 bits per heavy atom. The number of rotatable bonds is 4. The molecule has 1 aromatic carbocycles. The van der Waals surface area contributed by atoms with E-state index in [0.29, 0.717) is 5.69 Å². The monoisotopic (exact) mass is 266 g/mol. The van der Waals surface area contributed by atoms with Crippen molar-refractivity contribution in [1.29, 1.82) is 0 Å². The standard InChI is InChI=1S/C13H18N2O4/c1-8-5-4-6-10(7-8)15(3)13(19)14-11(9(2)16)12(17)18/h4-7,9,11,16H,1-3H3,(H,14,19)(H,17,18). The van der Waals surface area contributed by atoms with Crippen LogP contribution >= 0.6 is 0 Å². The molecule has 2 unspecified atom stereocenters. The van der Waals surface area contributed by atoms with Crippen LogP contribution < -0.4 is 10.2 Å². The van der Waals surface area contributed by atoms with E-state index < -0.39 is 24.1 Å². The molecule has 0 aliphatic heterocycles. The number of anilines is 1. The minimum atomic E-state index is -1.33. The summed E-state index contributed by atoms with van der Waals surface area (Å²) in [5.41, 5.74) is 1.63. The Hall–Kier alpha value is -2.08. The fraction of sp³-hybridized carbons (Fsp3) is 0.385. The van der Waals surface area contributed by atoms with Gasteiger partial charge in [0, 0.05) is 12.7 Å². The molecule has 6 heteroatoms. The lowest BCUT2D eigenvalue weighted by atomic mass is 10.2. The third kappa shape index (κ3) is 3.96. The summed E-state index contributed by atoms with van der Waals surface area (Å²) < 4.78 is 0. The average Bonchev–Trinajstić information content (AvgIpc) is 2.33. The molecule has 0 aliphatic carbocycles. The van der Waals surface area contributed by atoms with Gasteiger partial charge in [-0.25, -0.2) is 9.59 Å². The van der Waals surface area contributed by atoms with E-state index in [9.17, 15) is 14.7 Å². The van der Waals surface area contributed by atoms with Gasteiger partial charge in [-0.15, -0.1) is 0 Å². The van der Waals surface area contributed by atoms with Crippen molar-refractivity contribution in [3.63, 3.8) is 0 Å². The van der Waals surface area contributed by atoms with Gasteiger partial charge >= 0.3 is 12.0 Å². The first kappa shape index (κ1) is 15.0. The smallest absolute Gasteiger partial charge is 0.328 e. The molecule has 0 heterocycles. The summed E-state index contributed by atoms with van der Waals surface area (Å²) in [7, 11) is 1.53. The average molecular weight is 266 g/mol. The van der Waals surface area contributed by atoms with Gasteiger partial charge < -0.3 is 15.5 Å². The number of benzene rings is 1. The van der Waals surface area contributed by atoms with Crippen LogP contribution in [-0.2, 0) is 4.79 Å². The Labute approximate surface area is 111 Å². The number of nitrogens with zero attached hydrogens (tertiary/aromatic N) is 1. The number of carboxylic acids is 1. The zero-order valence-electron chi connectivity index (χ0n) is 11.1. The number of aryl methyl sites for hydroxylation is 1. The zero-order chi connectivity index (χ0) is 14.6. The van der Waals surface area contributed by atoms with E-state index in [2.05, 4.69) is 5.32 Å². The molecule has 0 saturated carbocycles. The molecule has 104 valence electrons. The highest BCUT2D eigenvalue weighted by Gasteiger charge is 2.26. The summed E-state index contributed by atoms with van der Waals surface area (Å²) in [5, 5.41) is 20.5. The molecule has 2 atom stereocenters. The number of carboxylic acid groups (broad SMARTS) is 1. The Balaban J connectivity index is 2.80. The van der Waals surface area contributed by atoms with Crippen LogP contribution in [0, 0.1) is 6.92 Å². The fourth-order valence-corrected chi connectivity index (χ4v) is 1.57. The number of hydrogen-bond acceptors (Lipinski definition) is 3. The molecule has 0 aliphatic rings. The lowest BCUT2D eigenvalue weighted by Gasteiger charge is -2.23. The number of carbonyl (C=O) groups excluding carboxylic acids is 1. The summed E-state index contributed by atoms with van der Waals surface area (Å²) in [6, 6.07) is 5.32. The van der Waals surface area contributed by atoms with Crippen LogP contribution in [0.25, 0.3) is 0 Å². The fourth-order valence-electron chi connectivity index (χ4n) is 1.57. The van der Waals surface area contributed by atoms with Gasteiger partial charge in [-0.05, 0) is 31.5 Å². The molecule has 19 heavy (non-hydrogen) atoms.